The van der Waals surface area contributed by atoms with Crippen molar-refractivity contribution < 1.29 is 5.11 Å². The average Bonchev–Trinajstić information content (AvgIpc) is 2.89. The predicted octanol–water partition coefficient (Wildman–Crippen LogP) is 0.502. The number of rotatable bonds is 5. The van der Waals surface area contributed by atoms with E-state index in [4.69, 9.17) is 11.1 Å². The van der Waals surface area contributed by atoms with Crippen LogP contribution in [0.15, 0.2) is 12.4 Å². The van der Waals surface area contributed by atoms with Crippen LogP contribution in [0.1, 0.15) is 31.4 Å². The van der Waals surface area contributed by atoms with Crippen molar-refractivity contribution >= 4 is 11.7 Å². The van der Waals surface area contributed by atoms with Crippen LogP contribution < -0.4 is 10.6 Å². The maximum Gasteiger partial charge on any atom is 0.158 e. The summed E-state index contributed by atoms with van der Waals surface area (Å²) in [6.45, 7) is 0.564. The van der Waals surface area contributed by atoms with Gasteiger partial charge < -0.3 is 15.7 Å². The minimum Gasteiger partial charge on any atom is -0.395 e. The predicted molar refractivity (Wildman–Crippen MR) is 69.7 cm³/mol. The summed E-state index contributed by atoms with van der Waals surface area (Å²) < 4.78 is 0. The highest BCUT2D eigenvalue weighted by Gasteiger charge is 2.26. The van der Waals surface area contributed by atoms with Gasteiger partial charge in [0.25, 0.3) is 0 Å². The Morgan fingerprint density at radius 2 is 2.06 bits per heavy atom. The van der Waals surface area contributed by atoms with Gasteiger partial charge in [0.15, 0.2) is 5.82 Å². The second-order valence-electron chi connectivity index (χ2n) is 4.50. The normalized spacial score (nSPS) is 15.8. The number of nitrogen functional groups attached to an aromatic ring is 1. The fourth-order valence-corrected chi connectivity index (χ4v) is 2.52. The molecule has 1 heterocycles. The number of hydrogen-bond acceptors (Lipinski definition) is 5. The van der Waals surface area contributed by atoms with E-state index in [0.29, 0.717) is 24.1 Å². The standard InChI is InChI=1S/C12H19N5O/c13-11(14)10-12(16-6-5-15-10)17(7-8-18)9-3-1-2-4-9/h5-6,9,18H,1-4,7-8H2,(H3,13,14). The molecule has 18 heavy (non-hydrogen) atoms. The maximum atomic E-state index is 9.21. The van der Waals surface area contributed by atoms with Crippen LogP contribution in [0.5, 0.6) is 0 Å². The SMILES string of the molecule is N=C(N)c1nccnc1N(CCO)C1CCCC1. The molecule has 1 fully saturated rings. The number of anilines is 1. The zero-order valence-corrected chi connectivity index (χ0v) is 10.3. The third-order valence-electron chi connectivity index (χ3n) is 3.31. The van der Waals surface area contributed by atoms with Crippen molar-refractivity contribution in [1.82, 2.24) is 9.97 Å². The largest absolute Gasteiger partial charge is 0.395 e. The Kier molecular flexibility index (Phi) is 4.09. The molecule has 0 aromatic carbocycles. The first kappa shape index (κ1) is 12.8. The quantitative estimate of drug-likeness (QED) is 0.521. The van der Waals surface area contributed by atoms with Crippen LogP contribution >= 0.6 is 0 Å². The number of nitrogens with two attached hydrogens (primary N) is 1. The molecule has 1 aliphatic rings. The van der Waals surface area contributed by atoms with Gasteiger partial charge in [0.05, 0.1) is 6.61 Å². The van der Waals surface area contributed by atoms with Gasteiger partial charge in [-0.1, -0.05) is 12.8 Å². The molecule has 1 saturated carbocycles. The molecule has 0 saturated heterocycles. The van der Waals surface area contributed by atoms with Crippen molar-refractivity contribution in [2.75, 3.05) is 18.1 Å². The fourth-order valence-electron chi connectivity index (χ4n) is 2.52. The first-order valence-corrected chi connectivity index (χ1v) is 6.27. The van der Waals surface area contributed by atoms with Crippen molar-refractivity contribution in [3.63, 3.8) is 0 Å². The van der Waals surface area contributed by atoms with E-state index in [1.54, 1.807) is 6.20 Å². The van der Waals surface area contributed by atoms with Crippen LogP contribution in [0.2, 0.25) is 0 Å². The highest BCUT2D eigenvalue weighted by molar-refractivity contribution is 5.97. The topological polar surface area (TPSA) is 99.1 Å². The lowest BCUT2D eigenvalue weighted by Crippen LogP contribution is -2.38. The monoisotopic (exact) mass is 249 g/mol. The molecule has 1 aromatic heterocycles. The molecule has 2 rings (SSSR count). The fraction of sp³-hybridized carbons (Fsp3) is 0.583. The van der Waals surface area contributed by atoms with Crippen molar-refractivity contribution in [3.05, 3.63) is 18.1 Å². The molecular formula is C12H19N5O. The lowest BCUT2D eigenvalue weighted by Gasteiger charge is -2.30. The molecule has 0 aliphatic heterocycles. The molecule has 0 amide bonds. The van der Waals surface area contributed by atoms with Crippen LogP contribution in [0.3, 0.4) is 0 Å². The van der Waals surface area contributed by atoms with E-state index in [1.807, 2.05) is 4.90 Å². The van der Waals surface area contributed by atoms with Crippen molar-refractivity contribution in [3.8, 4) is 0 Å². The summed E-state index contributed by atoms with van der Waals surface area (Å²) >= 11 is 0. The van der Waals surface area contributed by atoms with Crippen LogP contribution in [0, 0.1) is 5.41 Å². The summed E-state index contributed by atoms with van der Waals surface area (Å²) in [5.74, 6) is 0.532. The Morgan fingerprint density at radius 1 is 1.39 bits per heavy atom. The maximum absolute atomic E-state index is 9.21. The van der Waals surface area contributed by atoms with Gasteiger partial charge in [0, 0.05) is 25.0 Å². The summed E-state index contributed by atoms with van der Waals surface area (Å²) in [6, 6.07) is 0.368. The molecule has 6 heteroatoms. The minimum absolute atomic E-state index is 0.0599. The molecule has 0 radical (unpaired) electrons. The van der Waals surface area contributed by atoms with Gasteiger partial charge in [0.1, 0.15) is 11.5 Å². The van der Waals surface area contributed by atoms with E-state index in [0.717, 1.165) is 12.8 Å². The second-order valence-corrected chi connectivity index (χ2v) is 4.50. The van der Waals surface area contributed by atoms with Crippen molar-refractivity contribution in [2.24, 2.45) is 5.73 Å². The van der Waals surface area contributed by atoms with E-state index in [2.05, 4.69) is 9.97 Å². The van der Waals surface area contributed by atoms with E-state index < -0.39 is 0 Å². The summed E-state index contributed by atoms with van der Waals surface area (Å²) in [5.41, 5.74) is 5.94. The summed E-state index contributed by atoms with van der Waals surface area (Å²) in [6.07, 6.45) is 7.71. The zero-order chi connectivity index (χ0) is 13.0. The van der Waals surface area contributed by atoms with Crippen LogP contribution in [0.4, 0.5) is 5.82 Å². The summed E-state index contributed by atoms with van der Waals surface area (Å²) in [7, 11) is 0. The van der Waals surface area contributed by atoms with Gasteiger partial charge in [-0.2, -0.15) is 0 Å². The number of amidine groups is 1. The van der Waals surface area contributed by atoms with Gasteiger partial charge in [-0.3, -0.25) is 5.41 Å². The van der Waals surface area contributed by atoms with Gasteiger partial charge in [-0.15, -0.1) is 0 Å². The first-order valence-electron chi connectivity index (χ1n) is 6.27. The van der Waals surface area contributed by atoms with Crippen LogP contribution in [-0.4, -0.2) is 40.1 Å². The average molecular weight is 249 g/mol. The molecule has 1 aromatic rings. The molecule has 4 N–H and O–H groups in total. The van der Waals surface area contributed by atoms with Gasteiger partial charge in [0.2, 0.25) is 0 Å². The third kappa shape index (κ3) is 2.59. The molecule has 0 unspecified atom stereocenters. The Labute approximate surface area is 106 Å². The lowest BCUT2D eigenvalue weighted by atomic mass is 10.2. The van der Waals surface area contributed by atoms with Crippen LogP contribution in [0.25, 0.3) is 0 Å². The Hall–Kier alpha value is -1.69. The molecule has 0 spiro atoms. The summed E-state index contributed by atoms with van der Waals surface area (Å²) in [5, 5.41) is 16.8. The van der Waals surface area contributed by atoms with Gasteiger partial charge >= 0.3 is 0 Å². The number of nitrogens with zero attached hydrogens (tertiary/aromatic N) is 3. The molecule has 98 valence electrons. The van der Waals surface area contributed by atoms with E-state index >= 15 is 0 Å². The third-order valence-corrected chi connectivity index (χ3v) is 3.31. The smallest absolute Gasteiger partial charge is 0.158 e. The van der Waals surface area contributed by atoms with E-state index in [9.17, 15) is 5.11 Å². The Bertz CT molecular complexity index is 417. The number of aliphatic hydroxyl groups is 1. The number of hydrogen-bond donors (Lipinski definition) is 3. The Balaban J connectivity index is 2.32. The molecule has 1 aliphatic carbocycles. The highest BCUT2D eigenvalue weighted by Crippen LogP contribution is 2.27. The number of aromatic nitrogens is 2. The van der Waals surface area contributed by atoms with E-state index in [-0.39, 0.29) is 12.4 Å². The van der Waals surface area contributed by atoms with E-state index in [1.165, 1.54) is 19.0 Å². The molecular weight excluding hydrogens is 230 g/mol. The molecule has 6 nitrogen and oxygen atoms in total. The van der Waals surface area contributed by atoms with Gasteiger partial charge in [-0.25, -0.2) is 9.97 Å². The number of nitrogens with one attached hydrogen (secondary N) is 1. The number of aliphatic hydroxyl groups excluding tert-OH is 1. The molecule has 0 bridgehead atoms. The van der Waals surface area contributed by atoms with Crippen LogP contribution in [-0.2, 0) is 0 Å². The first-order chi connectivity index (χ1) is 8.74. The Morgan fingerprint density at radius 3 is 2.67 bits per heavy atom. The second kappa shape index (κ2) is 5.77. The molecule has 0 atom stereocenters. The van der Waals surface area contributed by atoms with Crippen molar-refractivity contribution in [2.45, 2.75) is 31.7 Å². The highest BCUT2D eigenvalue weighted by atomic mass is 16.3. The lowest BCUT2D eigenvalue weighted by molar-refractivity contribution is 0.296. The van der Waals surface area contributed by atoms with Gasteiger partial charge in [-0.05, 0) is 12.8 Å². The summed E-state index contributed by atoms with van der Waals surface area (Å²) in [4.78, 5) is 10.5. The minimum atomic E-state index is -0.0842. The van der Waals surface area contributed by atoms with Crippen molar-refractivity contribution in [1.29, 1.82) is 5.41 Å². The zero-order valence-electron chi connectivity index (χ0n) is 10.3.